The number of rotatable bonds is 5. The van der Waals surface area contributed by atoms with E-state index in [4.69, 9.17) is 4.74 Å². The molecule has 0 radical (unpaired) electrons. The molecule has 0 saturated carbocycles. The minimum atomic E-state index is -5.04. The number of ether oxygens (including phenoxy) is 1. The summed E-state index contributed by atoms with van der Waals surface area (Å²) in [5.74, 6) is -0.852. The lowest BCUT2D eigenvalue weighted by molar-refractivity contribution is -0.143. The molecule has 2 amide bonds. The van der Waals surface area contributed by atoms with Gasteiger partial charge >= 0.3 is 18.4 Å². The van der Waals surface area contributed by atoms with Gasteiger partial charge in [-0.2, -0.15) is 26.3 Å². The van der Waals surface area contributed by atoms with E-state index in [1.807, 2.05) is 18.2 Å². The fourth-order valence-electron chi connectivity index (χ4n) is 4.05. The maximum Gasteiger partial charge on any atom is 0.416 e. The van der Waals surface area contributed by atoms with Crippen LogP contribution in [0.1, 0.15) is 61.9 Å². The number of carbonyl (C=O) groups excluding carboxylic acids is 2. The molecule has 1 atom stereocenters. The number of halogens is 7. The molecule has 0 aliphatic heterocycles. The topological polar surface area (TPSA) is 58.6 Å². The Morgan fingerprint density at radius 1 is 1.00 bits per heavy atom. The molecule has 0 spiro atoms. The smallest absolute Gasteiger partial charge is 0.416 e. The summed E-state index contributed by atoms with van der Waals surface area (Å²) in [6.45, 7) is 4.89. The zero-order valence-electron chi connectivity index (χ0n) is 20.2. The summed E-state index contributed by atoms with van der Waals surface area (Å²) in [6, 6.07) is 6.06. The van der Waals surface area contributed by atoms with Gasteiger partial charge in [0.25, 0.3) is 0 Å². The summed E-state index contributed by atoms with van der Waals surface area (Å²) in [4.78, 5) is 27.0. The molecular formula is C25H25BrF6N2O3. The Balaban J connectivity index is 1.81. The second-order valence-corrected chi connectivity index (χ2v) is 10.6. The molecular weight excluding hydrogens is 570 g/mol. The van der Waals surface area contributed by atoms with Crippen molar-refractivity contribution in [3.63, 3.8) is 0 Å². The fourth-order valence-corrected chi connectivity index (χ4v) is 4.46. The minimum absolute atomic E-state index is 0.0181. The van der Waals surface area contributed by atoms with E-state index in [0.29, 0.717) is 25.0 Å². The number of fused-ring (bicyclic) bond motifs is 1. The lowest BCUT2D eigenvalue weighted by Crippen LogP contribution is -2.40. The van der Waals surface area contributed by atoms with Crippen molar-refractivity contribution >= 4 is 33.6 Å². The van der Waals surface area contributed by atoms with Crippen LogP contribution in [0.4, 0.5) is 36.8 Å². The third kappa shape index (κ3) is 7.62. The van der Waals surface area contributed by atoms with E-state index in [9.17, 15) is 35.9 Å². The van der Waals surface area contributed by atoms with E-state index in [1.54, 1.807) is 20.8 Å². The van der Waals surface area contributed by atoms with Crippen molar-refractivity contribution in [3.05, 3.63) is 63.1 Å². The number of alkyl halides is 6. The number of nitrogens with zero attached hydrogens (tertiary/aromatic N) is 1. The van der Waals surface area contributed by atoms with Crippen molar-refractivity contribution in [2.75, 3.05) is 11.9 Å². The van der Waals surface area contributed by atoms with Gasteiger partial charge < -0.3 is 15.0 Å². The largest absolute Gasteiger partial charge is 0.444 e. The van der Waals surface area contributed by atoms with Crippen LogP contribution in [0.3, 0.4) is 0 Å². The predicted molar refractivity (Wildman–Crippen MR) is 128 cm³/mol. The number of nitrogens with one attached hydrogen (secondary N) is 1. The molecule has 0 heterocycles. The molecule has 1 unspecified atom stereocenters. The lowest BCUT2D eigenvalue weighted by atomic mass is 10.1. The number of amides is 2. The standard InChI is InChI=1S/C25H25BrF6N2O3/c1-23(2,3)37-22(36)34(20-7-4-14-10-17(26)5-6-19(14)20)9-8-21(35)33-18-12-15(24(27,28)29)11-16(13-18)25(30,31)32/h5-6,10-13,20H,4,7-9H2,1-3H3,(H,33,35). The molecule has 202 valence electrons. The first kappa shape index (κ1) is 28.8. The average molecular weight is 595 g/mol. The van der Waals surface area contributed by atoms with Crippen LogP contribution in [0.2, 0.25) is 0 Å². The van der Waals surface area contributed by atoms with E-state index in [0.717, 1.165) is 15.6 Å². The molecule has 0 aromatic heterocycles. The Morgan fingerprint density at radius 3 is 2.14 bits per heavy atom. The third-order valence-corrected chi connectivity index (χ3v) is 6.10. The Morgan fingerprint density at radius 2 is 1.59 bits per heavy atom. The number of anilines is 1. The lowest BCUT2D eigenvalue weighted by Gasteiger charge is -2.32. The predicted octanol–water partition coefficient (Wildman–Crippen LogP) is 7.74. The van der Waals surface area contributed by atoms with Gasteiger partial charge in [-0.3, -0.25) is 4.79 Å². The van der Waals surface area contributed by atoms with Gasteiger partial charge in [-0.05, 0) is 75.1 Å². The maximum atomic E-state index is 13.1. The second kappa shape index (κ2) is 10.5. The van der Waals surface area contributed by atoms with Crippen LogP contribution in [-0.2, 0) is 28.3 Å². The van der Waals surface area contributed by atoms with Gasteiger partial charge in [0, 0.05) is 23.1 Å². The highest BCUT2D eigenvalue weighted by Crippen LogP contribution is 2.39. The van der Waals surface area contributed by atoms with E-state index >= 15 is 0 Å². The fraction of sp³-hybridized carbons (Fsp3) is 0.440. The van der Waals surface area contributed by atoms with E-state index in [-0.39, 0.29) is 19.0 Å². The number of aryl methyl sites for hydroxylation is 1. The summed E-state index contributed by atoms with van der Waals surface area (Å²) in [5, 5.41) is 2.10. The van der Waals surface area contributed by atoms with E-state index < -0.39 is 52.8 Å². The van der Waals surface area contributed by atoms with Gasteiger partial charge in [-0.1, -0.05) is 22.0 Å². The molecule has 1 aliphatic rings. The molecule has 2 aromatic rings. The number of carbonyl (C=O) groups is 2. The van der Waals surface area contributed by atoms with Crippen LogP contribution in [0.15, 0.2) is 40.9 Å². The Labute approximate surface area is 218 Å². The molecule has 12 heteroatoms. The molecule has 1 aliphatic carbocycles. The average Bonchev–Trinajstić information content (AvgIpc) is 3.14. The number of hydrogen-bond donors (Lipinski definition) is 1. The van der Waals surface area contributed by atoms with Gasteiger partial charge in [-0.25, -0.2) is 4.79 Å². The van der Waals surface area contributed by atoms with Crippen LogP contribution in [0, 0.1) is 0 Å². The summed E-state index contributed by atoms with van der Waals surface area (Å²) >= 11 is 3.41. The molecule has 1 N–H and O–H groups in total. The van der Waals surface area contributed by atoms with Crippen molar-refractivity contribution in [2.24, 2.45) is 0 Å². The minimum Gasteiger partial charge on any atom is -0.444 e. The summed E-state index contributed by atoms with van der Waals surface area (Å²) in [6.07, 6.45) is -9.90. The molecule has 5 nitrogen and oxygen atoms in total. The third-order valence-electron chi connectivity index (χ3n) is 5.61. The van der Waals surface area contributed by atoms with Crippen LogP contribution in [0.5, 0.6) is 0 Å². The van der Waals surface area contributed by atoms with Crippen LogP contribution >= 0.6 is 15.9 Å². The van der Waals surface area contributed by atoms with Gasteiger partial charge in [-0.15, -0.1) is 0 Å². The molecule has 0 fully saturated rings. The SMILES string of the molecule is CC(C)(C)OC(=O)N(CCC(=O)Nc1cc(C(F)(F)F)cc(C(F)(F)F)c1)C1CCc2cc(Br)ccc21. The molecule has 3 rings (SSSR count). The zero-order valence-corrected chi connectivity index (χ0v) is 21.8. The van der Waals surface area contributed by atoms with Crippen molar-refractivity contribution in [2.45, 2.75) is 64.0 Å². The highest BCUT2D eigenvalue weighted by atomic mass is 79.9. The van der Waals surface area contributed by atoms with Crippen molar-refractivity contribution in [1.29, 1.82) is 0 Å². The van der Waals surface area contributed by atoms with Crippen molar-refractivity contribution < 1.29 is 40.7 Å². The first-order valence-electron chi connectivity index (χ1n) is 11.3. The van der Waals surface area contributed by atoms with Gasteiger partial charge in [0.1, 0.15) is 5.60 Å². The van der Waals surface area contributed by atoms with Crippen LogP contribution in [-0.4, -0.2) is 29.0 Å². The zero-order chi connectivity index (χ0) is 27.8. The number of hydrogen-bond acceptors (Lipinski definition) is 3. The first-order valence-corrected chi connectivity index (χ1v) is 12.1. The quantitative estimate of drug-likeness (QED) is 0.360. The highest BCUT2D eigenvalue weighted by molar-refractivity contribution is 9.10. The Kier molecular flexibility index (Phi) is 8.21. The van der Waals surface area contributed by atoms with E-state index in [1.165, 1.54) is 4.90 Å². The molecule has 2 aromatic carbocycles. The summed E-state index contributed by atoms with van der Waals surface area (Å²) in [5.41, 5.74) is -2.66. The van der Waals surface area contributed by atoms with Crippen molar-refractivity contribution in [1.82, 2.24) is 4.90 Å². The van der Waals surface area contributed by atoms with Crippen LogP contribution in [0.25, 0.3) is 0 Å². The van der Waals surface area contributed by atoms with E-state index in [2.05, 4.69) is 21.2 Å². The van der Waals surface area contributed by atoms with Crippen LogP contribution < -0.4 is 5.32 Å². The van der Waals surface area contributed by atoms with Gasteiger partial charge in [0.2, 0.25) is 5.91 Å². The Bertz CT molecular complexity index is 1140. The van der Waals surface area contributed by atoms with Crippen molar-refractivity contribution in [3.8, 4) is 0 Å². The molecule has 37 heavy (non-hydrogen) atoms. The van der Waals surface area contributed by atoms with Gasteiger partial charge in [0.05, 0.1) is 17.2 Å². The van der Waals surface area contributed by atoms with Gasteiger partial charge in [0.15, 0.2) is 0 Å². The summed E-state index contributed by atoms with van der Waals surface area (Å²) in [7, 11) is 0. The monoisotopic (exact) mass is 594 g/mol. The Hall–Kier alpha value is -2.76. The normalized spacial score (nSPS) is 15.8. The molecule has 0 saturated heterocycles. The molecule has 0 bridgehead atoms. The maximum absolute atomic E-state index is 13.1. The summed E-state index contributed by atoms with van der Waals surface area (Å²) < 4.78 is 85.1. The highest BCUT2D eigenvalue weighted by Gasteiger charge is 2.37. The first-order chi connectivity index (χ1) is 16.9. The number of benzene rings is 2. The second-order valence-electron chi connectivity index (χ2n) is 9.66.